The van der Waals surface area contributed by atoms with Gasteiger partial charge in [0.1, 0.15) is 0 Å². The lowest BCUT2D eigenvalue weighted by atomic mass is 10.1. The van der Waals surface area contributed by atoms with Gasteiger partial charge in [0, 0.05) is 53.4 Å². The van der Waals surface area contributed by atoms with Crippen LogP contribution in [-0.2, 0) is 25.9 Å². The van der Waals surface area contributed by atoms with Gasteiger partial charge in [0.2, 0.25) is 17.7 Å². The topological polar surface area (TPSA) is 87.3 Å². The van der Waals surface area contributed by atoms with Crippen molar-refractivity contribution in [3.63, 3.8) is 0 Å². The third-order valence-electron chi connectivity index (χ3n) is 4.44. The van der Waals surface area contributed by atoms with Gasteiger partial charge in [-0.25, -0.2) is 0 Å². The Morgan fingerprint density at radius 3 is 1.32 bits per heavy atom. The Kier molecular flexibility index (Phi) is 9.18. The van der Waals surface area contributed by atoms with E-state index in [0.29, 0.717) is 11.5 Å². The maximum atomic E-state index is 11.6. The normalized spacial score (nSPS) is 10.4. The second-order valence-corrected chi connectivity index (χ2v) is 9.69. The number of benzene rings is 3. The van der Waals surface area contributed by atoms with E-state index in [4.69, 9.17) is 0 Å². The van der Waals surface area contributed by atoms with Crippen molar-refractivity contribution in [1.82, 2.24) is 0 Å². The molecule has 0 aliphatic rings. The average molecular weight is 493 g/mol. The zero-order valence-electron chi connectivity index (χ0n) is 19.2. The zero-order valence-corrected chi connectivity index (χ0v) is 20.9. The van der Waals surface area contributed by atoms with Crippen LogP contribution in [0.4, 0.5) is 17.1 Å². The summed E-state index contributed by atoms with van der Waals surface area (Å²) in [6.45, 7) is 4.46. The van der Waals surface area contributed by atoms with Crippen LogP contribution in [0.5, 0.6) is 0 Å². The van der Waals surface area contributed by atoms with Crippen molar-refractivity contribution >= 4 is 58.3 Å². The molecule has 3 amide bonds. The molecular weight excluding hydrogens is 466 g/mol. The lowest BCUT2D eigenvalue weighted by Crippen LogP contribution is -2.06. The summed E-state index contributed by atoms with van der Waals surface area (Å²) in [4.78, 5) is 36.1. The lowest BCUT2D eigenvalue weighted by molar-refractivity contribution is -0.115. The molecule has 34 heavy (non-hydrogen) atoms. The Labute approximate surface area is 208 Å². The molecule has 0 radical (unpaired) electrons. The second kappa shape index (κ2) is 12.3. The molecule has 6 nitrogen and oxygen atoms in total. The molecular formula is C26H26N3O3S2-. The predicted octanol–water partition coefficient (Wildman–Crippen LogP) is 5.95. The van der Waals surface area contributed by atoms with Gasteiger partial charge in [-0.3, -0.25) is 14.4 Å². The fourth-order valence-electron chi connectivity index (χ4n) is 3.12. The minimum Gasteiger partial charge on any atom is -0.349 e. The molecule has 0 unspecified atom stereocenters. The minimum absolute atomic E-state index is 0.0983. The Balaban J connectivity index is 1.67. The third-order valence-corrected chi connectivity index (χ3v) is 6.56. The highest BCUT2D eigenvalue weighted by molar-refractivity contribution is 7.98. The summed E-state index contributed by atoms with van der Waals surface area (Å²) in [5, 5.41) is 8.40. The van der Waals surface area contributed by atoms with E-state index >= 15 is 0 Å². The third kappa shape index (κ3) is 8.61. The molecule has 176 valence electrons. The van der Waals surface area contributed by atoms with E-state index in [2.05, 4.69) is 22.0 Å². The van der Waals surface area contributed by atoms with Crippen LogP contribution in [0.2, 0.25) is 0 Å². The smallest absolute Gasteiger partial charge is 0.221 e. The number of amides is 3. The van der Waals surface area contributed by atoms with Crippen LogP contribution in [0, 0.1) is 6.07 Å². The number of carbonyl (C=O) groups is 3. The Bertz CT molecular complexity index is 1080. The summed E-state index contributed by atoms with van der Waals surface area (Å²) >= 11 is 3.32. The first-order chi connectivity index (χ1) is 16.3. The van der Waals surface area contributed by atoms with Gasteiger partial charge in [0.15, 0.2) is 0 Å². The van der Waals surface area contributed by atoms with Crippen LogP contribution >= 0.6 is 23.5 Å². The quantitative estimate of drug-likeness (QED) is 0.254. The maximum Gasteiger partial charge on any atom is 0.221 e. The van der Waals surface area contributed by atoms with E-state index in [9.17, 15) is 14.4 Å². The molecule has 0 saturated carbocycles. The monoisotopic (exact) mass is 492 g/mol. The zero-order chi connectivity index (χ0) is 24.5. The van der Waals surface area contributed by atoms with Gasteiger partial charge in [-0.05, 0) is 48.5 Å². The molecule has 3 N–H and O–H groups in total. The van der Waals surface area contributed by atoms with E-state index in [-0.39, 0.29) is 17.7 Å². The number of carbonyl (C=O) groups excluding carboxylic acids is 3. The Morgan fingerprint density at radius 1 is 0.618 bits per heavy atom. The molecule has 0 aliphatic heterocycles. The average Bonchev–Trinajstić information content (AvgIpc) is 2.77. The Hall–Kier alpha value is -3.23. The molecule has 0 spiro atoms. The molecule has 0 aliphatic carbocycles. The summed E-state index contributed by atoms with van der Waals surface area (Å²) in [7, 11) is 0. The molecule has 8 heteroatoms. The lowest BCUT2D eigenvalue weighted by Gasteiger charge is -2.18. The van der Waals surface area contributed by atoms with Gasteiger partial charge in [-0.15, -0.1) is 46.8 Å². The Morgan fingerprint density at radius 2 is 0.971 bits per heavy atom. The molecule has 3 aromatic rings. The first-order valence-corrected chi connectivity index (χ1v) is 12.6. The van der Waals surface area contributed by atoms with Crippen LogP contribution in [0.1, 0.15) is 31.9 Å². The van der Waals surface area contributed by atoms with Crippen molar-refractivity contribution in [2.24, 2.45) is 0 Å². The number of thioether (sulfide) groups is 2. The second-order valence-electron chi connectivity index (χ2n) is 7.59. The maximum absolute atomic E-state index is 11.6. The number of nitrogens with one attached hydrogen (secondary N) is 3. The SMILES string of the molecule is CC(=O)Nc1ccc(SCc2[c-]c(CSc3ccc(NC(C)=O)cc3)cc(NC(C)=O)c2)cc1. The highest BCUT2D eigenvalue weighted by atomic mass is 32.2. The van der Waals surface area contributed by atoms with Crippen molar-refractivity contribution in [1.29, 1.82) is 0 Å². The summed E-state index contributed by atoms with van der Waals surface area (Å²) < 4.78 is 0. The van der Waals surface area contributed by atoms with E-state index < -0.39 is 0 Å². The fraction of sp³-hybridized carbons (Fsp3) is 0.192. The molecule has 0 fully saturated rings. The summed E-state index contributed by atoms with van der Waals surface area (Å²) in [5.41, 5.74) is 4.25. The van der Waals surface area contributed by atoms with Gasteiger partial charge < -0.3 is 16.0 Å². The first-order valence-electron chi connectivity index (χ1n) is 10.6. The van der Waals surface area contributed by atoms with Gasteiger partial charge in [0.25, 0.3) is 0 Å². The van der Waals surface area contributed by atoms with Crippen molar-refractivity contribution in [3.8, 4) is 0 Å². The highest BCUT2D eigenvalue weighted by Gasteiger charge is 2.02. The van der Waals surface area contributed by atoms with Gasteiger partial charge in [0.05, 0.1) is 0 Å². The van der Waals surface area contributed by atoms with Crippen LogP contribution in [0.3, 0.4) is 0 Å². The standard InChI is InChI=1S/C26H26N3O3S2/c1-17(30)27-22-4-8-25(9-5-22)33-15-20-12-21(14-24(13-20)29-19(3)32)16-34-26-10-6-23(7-11-26)28-18(2)31/h4-11,13-14H,15-16H2,1-3H3,(H,27,30)(H,28,31)(H,29,32)/q-1. The minimum atomic E-state index is -0.120. The van der Waals surface area contributed by atoms with Crippen molar-refractivity contribution in [2.45, 2.75) is 42.1 Å². The molecule has 3 rings (SSSR count). The predicted molar refractivity (Wildman–Crippen MR) is 140 cm³/mol. The summed E-state index contributed by atoms with van der Waals surface area (Å²) in [6.07, 6.45) is 0. The number of hydrogen-bond donors (Lipinski definition) is 3. The van der Waals surface area contributed by atoms with Crippen molar-refractivity contribution in [2.75, 3.05) is 16.0 Å². The molecule has 0 aromatic heterocycles. The highest BCUT2D eigenvalue weighted by Crippen LogP contribution is 2.29. The van der Waals surface area contributed by atoms with Crippen molar-refractivity contribution in [3.05, 3.63) is 77.9 Å². The largest absolute Gasteiger partial charge is 0.349 e. The van der Waals surface area contributed by atoms with E-state index in [1.165, 1.54) is 20.8 Å². The summed E-state index contributed by atoms with van der Waals surface area (Å²) in [6, 6.07) is 22.7. The summed E-state index contributed by atoms with van der Waals surface area (Å²) in [5.74, 6) is 1.06. The molecule has 3 aromatic carbocycles. The van der Waals surface area contributed by atoms with Gasteiger partial charge in [-0.1, -0.05) is 5.69 Å². The van der Waals surface area contributed by atoms with Crippen LogP contribution in [0.15, 0.2) is 70.5 Å². The number of hydrogen-bond acceptors (Lipinski definition) is 5. The van der Waals surface area contributed by atoms with Crippen molar-refractivity contribution < 1.29 is 14.4 Å². The molecule has 0 heterocycles. The van der Waals surface area contributed by atoms with Gasteiger partial charge in [-0.2, -0.15) is 6.07 Å². The van der Waals surface area contributed by atoms with E-state index in [1.807, 2.05) is 60.7 Å². The first kappa shape index (κ1) is 25.4. The number of anilines is 3. The van der Waals surface area contributed by atoms with E-state index in [0.717, 1.165) is 38.0 Å². The fourth-order valence-corrected chi connectivity index (χ4v) is 4.74. The van der Waals surface area contributed by atoms with Gasteiger partial charge >= 0.3 is 0 Å². The van der Waals surface area contributed by atoms with Crippen LogP contribution < -0.4 is 16.0 Å². The molecule has 0 bridgehead atoms. The molecule has 0 saturated heterocycles. The molecule has 0 atom stereocenters. The number of rotatable bonds is 9. The van der Waals surface area contributed by atoms with Crippen LogP contribution in [0.25, 0.3) is 0 Å². The van der Waals surface area contributed by atoms with E-state index in [1.54, 1.807) is 23.5 Å². The van der Waals surface area contributed by atoms with Crippen LogP contribution in [-0.4, -0.2) is 17.7 Å².